The zero-order valence-electron chi connectivity index (χ0n) is 15.8. The summed E-state index contributed by atoms with van der Waals surface area (Å²) in [4.78, 5) is 12.5. The van der Waals surface area contributed by atoms with E-state index in [2.05, 4.69) is 43.3 Å². The predicted octanol–water partition coefficient (Wildman–Crippen LogP) is 5.38. The number of carbonyl (C=O) groups is 1. The van der Waals surface area contributed by atoms with Crippen molar-refractivity contribution >= 4 is 5.97 Å². The number of rotatable bonds is 2. The Morgan fingerprint density at radius 2 is 1.74 bits per heavy atom. The standard InChI is InChI=1S/C24H22O3/c1-15-12-16(2)22-19-11-7-10-18(17-8-5-4-6-9-17)21(19)14-27-23(20(22)13-15)24(25)26-3/h4-13,23H,14H2,1-3H3. The summed E-state index contributed by atoms with van der Waals surface area (Å²) >= 11 is 0. The van der Waals surface area contributed by atoms with Crippen molar-refractivity contribution in [2.45, 2.75) is 26.6 Å². The van der Waals surface area contributed by atoms with Crippen molar-refractivity contribution in [3.05, 3.63) is 82.9 Å². The first kappa shape index (κ1) is 17.5. The summed E-state index contributed by atoms with van der Waals surface area (Å²) in [6.45, 7) is 4.48. The highest BCUT2D eigenvalue weighted by Crippen LogP contribution is 2.43. The smallest absolute Gasteiger partial charge is 0.339 e. The van der Waals surface area contributed by atoms with Crippen LogP contribution in [0.2, 0.25) is 0 Å². The average molecular weight is 358 g/mol. The fraction of sp³-hybridized carbons (Fsp3) is 0.208. The van der Waals surface area contributed by atoms with Crippen molar-refractivity contribution in [1.82, 2.24) is 0 Å². The van der Waals surface area contributed by atoms with E-state index in [1.165, 1.54) is 7.11 Å². The number of aryl methyl sites for hydroxylation is 2. The van der Waals surface area contributed by atoms with Crippen molar-refractivity contribution in [3.8, 4) is 22.3 Å². The van der Waals surface area contributed by atoms with E-state index in [1.54, 1.807) is 0 Å². The zero-order chi connectivity index (χ0) is 19.0. The Labute approximate surface area is 159 Å². The van der Waals surface area contributed by atoms with E-state index >= 15 is 0 Å². The fourth-order valence-corrected chi connectivity index (χ4v) is 4.00. The molecule has 27 heavy (non-hydrogen) atoms. The summed E-state index contributed by atoms with van der Waals surface area (Å²) in [6, 6.07) is 20.8. The van der Waals surface area contributed by atoms with Crippen LogP contribution in [0.4, 0.5) is 0 Å². The minimum absolute atomic E-state index is 0.354. The van der Waals surface area contributed by atoms with Gasteiger partial charge >= 0.3 is 5.97 Å². The number of benzene rings is 3. The molecule has 1 heterocycles. The number of carbonyl (C=O) groups excluding carboxylic acids is 1. The van der Waals surface area contributed by atoms with Crippen molar-refractivity contribution in [1.29, 1.82) is 0 Å². The second-order valence-electron chi connectivity index (χ2n) is 6.96. The molecular weight excluding hydrogens is 336 g/mol. The number of hydrogen-bond acceptors (Lipinski definition) is 3. The molecular formula is C24H22O3. The van der Waals surface area contributed by atoms with Crippen LogP contribution in [0.25, 0.3) is 22.3 Å². The quantitative estimate of drug-likeness (QED) is 0.577. The van der Waals surface area contributed by atoms with Gasteiger partial charge in [0, 0.05) is 5.56 Å². The van der Waals surface area contributed by atoms with E-state index in [1.807, 2.05) is 31.2 Å². The van der Waals surface area contributed by atoms with Crippen LogP contribution in [-0.4, -0.2) is 13.1 Å². The van der Waals surface area contributed by atoms with Gasteiger partial charge in [0.05, 0.1) is 13.7 Å². The molecule has 4 rings (SSSR count). The number of fused-ring (bicyclic) bond motifs is 3. The highest BCUT2D eigenvalue weighted by atomic mass is 16.6. The number of ether oxygens (including phenoxy) is 2. The Morgan fingerprint density at radius 3 is 2.48 bits per heavy atom. The summed E-state index contributed by atoms with van der Waals surface area (Å²) in [5.74, 6) is -0.365. The van der Waals surface area contributed by atoms with Gasteiger partial charge in [-0.15, -0.1) is 0 Å². The predicted molar refractivity (Wildman–Crippen MR) is 106 cm³/mol. The number of esters is 1. The number of hydrogen-bond donors (Lipinski definition) is 0. The average Bonchev–Trinajstić information content (AvgIpc) is 2.84. The van der Waals surface area contributed by atoms with Crippen LogP contribution in [0.15, 0.2) is 60.7 Å². The van der Waals surface area contributed by atoms with Gasteiger partial charge in [-0.2, -0.15) is 0 Å². The van der Waals surface area contributed by atoms with Crippen LogP contribution in [0.5, 0.6) is 0 Å². The highest BCUT2D eigenvalue weighted by Gasteiger charge is 2.31. The molecule has 3 heteroatoms. The summed E-state index contributed by atoms with van der Waals surface area (Å²) in [5.41, 5.74) is 8.68. The second-order valence-corrected chi connectivity index (χ2v) is 6.96. The van der Waals surface area contributed by atoms with Crippen molar-refractivity contribution < 1.29 is 14.3 Å². The zero-order valence-corrected chi connectivity index (χ0v) is 15.8. The molecule has 0 aliphatic carbocycles. The summed E-state index contributed by atoms with van der Waals surface area (Å²) in [7, 11) is 1.40. The topological polar surface area (TPSA) is 35.5 Å². The van der Waals surface area contributed by atoms with Gasteiger partial charge in [-0.1, -0.05) is 66.2 Å². The third kappa shape index (κ3) is 3.04. The molecule has 3 nitrogen and oxygen atoms in total. The second kappa shape index (κ2) is 7.01. The molecule has 0 saturated carbocycles. The van der Waals surface area contributed by atoms with E-state index in [4.69, 9.17) is 9.47 Å². The lowest BCUT2D eigenvalue weighted by molar-refractivity contribution is -0.155. The maximum absolute atomic E-state index is 12.5. The molecule has 3 aromatic carbocycles. The minimum Gasteiger partial charge on any atom is -0.467 e. The molecule has 0 spiro atoms. The van der Waals surface area contributed by atoms with E-state index in [0.29, 0.717) is 6.61 Å². The van der Waals surface area contributed by atoms with Gasteiger partial charge in [-0.05, 0) is 47.2 Å². The maximum Gasteiger partial charge on any atom is 0.339 e. The van der Waals surface area contributed by atoms with Gasteiger partial charge in [0.2, 0.25) is 0 Å². The Kier molecular flexibility index (Phi) is 4.54. The Morgan fingerprint density at radius 1 is 1.00 bits per heavy atom. The minimum atomic E-state index is -0.723. The van der Waals surface area contributed by atoms with Crippen LogP contribution in [0.3, 0.4) is 0 Å². The first-order chi connectivity index (χ1) is 13.1. The molecule has 0 aromatic heterocycles. The van der Waals surface area contributed by atoms with E-state index in [-0.39, 0.29) is 5.97 Å². The van der Waals surface area contributed by atoms with Gasteiger partial charge in [0.1, 0.15) is 0 Å². The lowest BCUT2D eigenvalue weighted by Crippen LogP contribution is -2.17. The highest BCUT2D eigenvalue weighted by molar-refractivity contribution is 5.87. The van der Waals surface area contributed by atoms with Crippen LogP contribution >= 0.6 is 0 Å². The Bertz CT molecular complexity index is 1010. The van der Waals surface area contributed by atoms with Crippen molar-refractivity contribution in [3.63, 3.8) is 0 Å². The molecule has 0 bridgehead atoms. The molecule has 136 valence electrons. The van der Waals surface area contributed by atoms with Gasteiger partial charge in [-0.3, -0.25) is 0 Å². The maximum atomic E-state index is 12.5. The number of methoxy groups -OCH3 is 1. The molecule has 0 fully saturated rings. The van der Waals surface area contributed by atoms with Crippen LogP contribution < -0.4 is 0 Å². The van der Waals surface area contributed by atoms with Crippen LogP contribution in [0.1, 0.15) is 28.4 Å². The Balaban J connectivity index is 1.99. The first-order valence-corrected chi connectivity index (χ1v) is 9.08. The summed E-state index contributed by atoms with van der Waals surface area (Å²) < 4.78 is 11.1. The molecule has 1 aliphatic heterocycles. The summed E-state index contributed by atoms with van der Waals surface area (Å²) in [5, 5.41) is 0. The largest absolute Gasteiger partial charge is 0.467 e. The lowest BCUT2D eigenvalue weighted by atomic mass is 9.86. The monoisotopic (exact) mass is 358 g/mol. The summed E-state index contributed by atoms with van der Waals surface area (Å²) in [6.07, 6.45) is -0.723. The van der Waals surface area contributed by atoms with Gasteiger partial charge in [0.15, 0.2) is 6.10 Å². The molecule has 0 saturated heterocycles. The SMILES string of the molecule is COC(=O)C1OCc2c(-c3ccccc3)cccc2-c2c(C)cc(C)cc21. The van der Waals surface area contributed by atoms with Crippen LogP contribution in [0, 0.1) is 13.8 Å². The van der Waals surface area contributed by atoms with E-state index < -0.39 is 6.10 Å². The van der Waals surface area contributed by atoms with Crippen molar-refractivity contribution in [2.75, 3.05) is 7.11 Å². The molecule has 1 atom stereocenters. The van der Waals surface area contributed by atoms with E-state index in [0.717, 1.165) is 44.5 Å². The van der Waals surface area contributed by atoms with Gasteiger partial charge in [0.25, 0.3) is 0 Å². The molecule has 3 aromatic rings. The molecule has 0 radical (unpaired) electrons. The normalized spacial score (nSPS) is 15.4. The molecule has 0 N–H and O–H groups in total. The Hall–Kier alpha value is -2.91. The van der Waals surface area contributed by atoms with Crippen molar-refractivity contribution in [2.24, 2.45) is 0 Å². The fourth-order valence-electron chi connectivity index (χ4n) is 4.00. The molecule has 1 unspecified atom stereocenters. The third-order valence-corrected chi connectivity index (χ3v) is 5.13. The van der Waals surface area contributed by atoms with Gasteiger partial charge < -0.3 is 9.47 Å². The van der Waals surface area contributed by atoms with E-state index in [9.17, 15) is 4.79 Å². The molecule has 0 amide bonds. The van der Waals surface area contributed by atoms with Crippen LogP contribution in [-0.2, 0) is 20.9 Å². The lowest BCUT2D eigenvalue weighted by Gasteiger charge is -2.18. The first-order valence-electron chi connectivity index (χ1n) is 9.08. The third-order valence-electron chi connectivity index (χ3n) is 5.13. The molecule has 1 aliphatic rings. The van der Waals surface area contributed by atoms with Gasteiger partial charge in [-0.25, -0.2) is 4.79 Å².